The van der Waals surface area contributed by atoms with E-state index in [0.29, 0.717) is 31.1 Å². The highest BCUT2D eigenvalue weighted by atomic mass is 16.5. The Morgan fingerprint density at radius 2 is 1.74 bits per heavy atom. The summed E-state index contributed by atoms with van der Waals surface area (Å²) in [6.07, 6.45) is 2.76. The number of para-hydroxylation sites is 2. The van der Waals surface area contributed by atoms with Gasteiger partial charge < -0.3 is 24.1 Å². The number of amides is 1. The number of hydrogen-bond donors (Lipinski definition) is 1. The number of nitrogens with zero attached hydrogens (tertiary/aromatic N) is 2. The molecule has 7 heteroatoms. The topological polar surface area (TPSA) is 74.6 Å². The van der Waals surface area contributed by atoms with E-state index in [1.165, 1.54) is 11.1 Å². The summed E-state index contributed by atoms with van der Waals surface area (Å²) < 4.78 is 19.0. The third-order valence-corrected chi connectivity index (χ3v) is 6.78. The number of imidazole rings is 1. The van der Waals surface area contributed by atoms with Gasteiger partial charge in [0, 0.05) is 19.5 Å². The Bertz CT molecular complexity index is 1380. The smallest absolute Gasteiger partial charge is 0.224 e. The second kappa shape index (κ2) is 13.0. The van der Waals surface area contributed by atoms with Gasteiger partial charge in [0.25, 0.3) is 0 Å². The maximum Gasteiger partial charge on any atom is 0.224 e. The molecule has 1 heterocycles. The lowest BCUT2D eigenvalue weighted by molar-refractivity contribution is -0.120. The van der Waals surface area contributed by atoms with Crippen molar-refractivity contribution in [2.24, 2.45) is 0 Å². The molecule has 200 valence electrons. The number of methoxy groups -OCH3 is 2. The summed E-state index contributed by atoms with van der Waals surface area (Å²) in [5, 5.41) is 3.03. The van der Waals surface area contributed by atoms with E-state index in [9.17, 15) is 4.79 Å². The zero-order chi connectivity index (χ0) is 26.9. The van der Waals surface area contributed by atoms with E-state index in [2.05, 4.69) is 35.9 Å². The van der Waals surface area contributed by atoms with Gasteiger partial charge in [-0.25, -0.2) is 4.98 Å². The monoisotopic (exact) mass is 515 g/mol. The standard InChI is InChI=1S/C31H37N3O4/c1-22-10-7-13-27(23(22)2)38-19-9-18-34-26-12-6-5-11-25(26)33-30(34)14-8-17-32-31(35)21-24-15-16-28(36-3)29(20-24)37-4/h5-7,10-13,15-16,20H,8-9,14,17-19,21H2,1-4H3,(H,32,35). The molecule has 1 amide bonds. The van der Waals surface area contributed by atoms with Crippen LogP contribution in [-0.4, -0.2) is 42.8 Å². The van der Waals surface area contributed by atoms with Crippen LogP contribution >= 0.6 is 0 Å². The Morgan fingerprint density at radius 1 is 0.921 bits per heavy atom. The number of fused-ring (bicyclic) bond motifs is 1. The number of aromatic nitrogens is 2. The van der Waals surface area contributed by atoms with E-state index in [1.807, 2.05) is 48.5 Å². The molecule has 0 fully saturated rings. The van der Waals surface area contributed by atoms with Gasteiger partial charge in [0.05, 0.1) is 38.3 Å². The molecule has 0 aliphatic heterocycles. The van der Waals surface area contributed by atoms with Crippen LogP contribution in [0.2, 0.25) is 0 Å². The van der Waals surface area contributed by atoms with E-state index < -0.39 is 0 Å². The third kappa shape index (κ3) is 6.65. The molecule has 0 saturated heterocycles. The van der Waals surface area contributed by atoms with Crippen molar-refractivity contribution < 1.29 is 19.0 Å². The van der Waals surface area contributed by atoms with Gasteiger partial charge in [-0.2, -0.15) is 0 Å². The number of carbonyl (C=O) groups excluding carboxylic acids is 1. The van der Waals surface area contributed by atoms with Crippen molar-refractivity contribution in [3.63, 3.8) is 0 Å². The lowest BCUT2D eigenvalue weighted by Gasteiger charge is -2.13. The maximum absolute atomic E-state index is 12.5. The van der Waals surface area contributed by atoms with Gasteiger partial charge in [0.2, 0.25) is 5.91 Å². The van der Waals surface area contributed by atoms with Crippen LogP contribution < -0.4 is 19.5 Å². The summed E-state index contributed by atoms with van der Waals surface area (Å²) in [5.74, 6) is 3.23. The first-order chi connectivity index (χ1) is 18.5. The fourth-order valence-corrected chi connectivity index (χ4v) is 4.56. The molecule has 3 aromatic carbocycles. The van der Waals surface area contributed by atoms with Crippen LogP contribution in [-0.2, 0) is 24.2 Å². The predicted molar refractivity (Wildman–Crippen MR) is 150 cm³/mol. The first-order valence-corrected chi connectivity index (χ1v) is 13.1. The summed E-state index contributed by atoms with van der Waals surface area (Å²) in [6.45, 7) is 6.25. The molecule has 0 aliphatic rings. The normalized spacial score (nSPS) is 10.9. The van der Waals surface area contributed by atoms with Crippen LogP contribution in [0.15, 0.2) is 60.7 Å². The summed E-state index contributed by atoms with van der Waals surface area (Å²) >= 11 is 0. The molecule has 7 nitrogen and oxygen atoms in total. The van der Waals surface area contributed by atoms with Gasteiger partial charge in [-0.3, -0.25) is 4.79 Å². The van der Waals surface area contributed by atoms with Crippen LogP contribution in [0.5, 0.6) is 17.2 Å². The fourth-order valence-electron chi connectivity index (χ4n) is 4.56. The molecule has 0 atom stereocenters. The molecule has 4 aromatic rings. The Morgan fingerprint density at radius 3 is 2.55 bits per heavy atom. The molecular weight excluding hydrogens is 478 g/mol. The molecule has 0 bridgehead atoms. The molecule has 38 heavy (non-hydrogen) atoms. The van der Waals surface area contributed by atoms with Crippen LogP contribution in [0, 0.1) is 13.8 Å². The minimum absolute atomic E-state index is 0.0192. The molecule has 4 rings (SSSR count). The van der Waals surface area contributed by atoms with Gasteiger partial charge in [-0.1, -0.05) is 30.3 Å². The molecular formula is C31H37N3O4. The van der Waals surface area contributed by atoms with Gasteiger partial charge >= 0.3 is 0 Å². The van der Waals surface area contributed by atoms with E-state index >= 15 is 0 Å². The van der Waals surface area contributed by atoms with E-state index in [1.54, 1.807) is 14.2 Å². The summed E-state index contributed by atoms with van der Waals surface area (Å²) in [5.41, 5.74) is 5.43. The summed E-state index contributed by atoms with van der Waals surface area (Å²) in [6, 6.07) is 19.9. The Labute approximate surface area is 224 Å². The first-order valence-electron chi connectivity index (χ1n) is 13.1. The van der Waals surface area contributed by atoms with Crippen molar-refractivity contribution in [3.05, 3.63) is 83.2 Å². The van der Waals surface area contributed by atoms with Gasteiger partial charge in [-0.15, -0.1) is 0 Å². The van der Waals surface area contributed by atoms with Gasteiger partial charge in [0.1, 0.15) is 11.6 Å². The van der Waals surface area contributed by atoms with Crippen molar-refractivity contribution in [2.45, 2.75) is 46.1 Å². The SMILES string of the molecule is COc1ccc(CC(=O)NCCCc2nc3ccccc3n2CCCOc2cccc(C)c2C)cc1OC. The molecule has 0 saturated carbocycles. The van der Waals surface area contributed by atoms with E-state index in [0.717, 1.165) is 54.0 Å². The Hall–Kier alpha value is -4.00. The Balaban J connectivity index is 1.30. The Kier molecular flexibility index (Phi) is 9.25. The maximum atomic E-state index is 12.5. The fraction of sp³-hybridized carbons (Fsp3) is 0.355. The van der Waals surface area contributed by atoms with Crippen molar-refractivity contribution in [2.75, 3.05) is 27.4 Å². The first kappa shape index (κ1) is 27.0. The third-order valence-electron chi connectivity index (χ3n) is 6.78. The van der Waals surface area contributed by atoms with E-state index in [4.69, 9.17) is 19.2 Å². The van der Waals surface area contributed by atoms with Gasteiger partial charge in [-0.05, 0) is 73.7 Å². The van der Waals surface area contributed by atoms with Crippen LogP contribution in [0.1, 0.15) is 35.4 Å². The number of ether oxygens (including phenoxy) is 3. The highest BCUT2D eigenvalue weighted by molar-refractivity contribution is 5.79. The highest BCUT2D eigenvalue weighted by Gasteiger charge is 2.12. The lowest BCUT2D eigenvalue weighted by Crippen LogP contribution is -2.26. The molecule has 1 aromatic heterocycles. The van der Waals surface area contributed by atoms with Crippen molar-refractivity contribution in [1.82, 2.24) is 14.9 Å². The van der Waals surface area contributed by atoms with Crippen LogP contribution in [0.25, 0.3) is 11.0 Å². The minimum Gasteiger partial charge on any atom is -0.493 e. The number of nitrogens with one attached hydrogen (secondary N) is 1. The largest absolute Gasteiger partial charge is 0.493 e. The lowest BCUT2D eigenvalue weighted by atomic mass is 10.1. The zero-order valence-corrected chi connectivity index (χ0v) is 22.8. The molecule has 1 N–H and O–H groups in total. The highest BCUT2D eigenvalue weighted by Crippen LogP contribution is 2.27. The van der Waals surface area contributed by atoms with Crippen molar-refractivity contribution in [1.29, 1.82) is 0 Å². The summed E-state index contributed by atoms with van der Waals surface area (Å²) in [7, 11) is 3.19. The average Bonchev–Trinajstić information content (AvgIpc) is 3.28. The molecule has 0 unspecified atom stereocenters. The number of hydrogen-bond acceptors (Lipinski definition) is 5. The summed E-state index contributed by atoms with van der Waals surface area (Å²) in [4.78, 5) is 17.4. The number of rotatable bonds is 13. The van der Waals surface area contributed by atoms with Crippen molar-refractivity contribution >= 4 is 16.9 Å². The molecule has 0 spiro atoms. The number of aryl methyl sites for hydroxylation is 3. The quantitative estimate of drug-likeness (QED) is 0.240. The minimum atomic E-state index is -0.0192. The van der Waals surface area contributed by atoms with Crippen LogP contribution in [0.4, 0.5) is 0 Å². The number of carbonyl (C=O) groups is 1. The molecule has 0 aliphatic carbocycles. The second-order valence-corrected chi connectivity index (χ2v) is 9.39. The zero-order valence-electron chi connectivity index (χ0n) is 22.8. The average molecular weight is 516 g/mol. The molecule has 0 radical (unpaired) electrons. The van der Waals surface area contributed by atoms with Crippen LogP contribution in [0.3, 0.4) is 0 Å². The van der Waals surface area contributed by atoms with Gasteiger partial charge in [0.15, 0.2) is 11.5 Å². The van der Waals surface area contributed by atoms with Crippen molar-refractivity contribution in [3.8, 4) is 17.2 Å². The number of benzene rings is 3. The van der Waals surface area contributed by atoms with E-state index in [-0.39, 0.29) is 5.91 Å². The predicted octanol–water partition coefficient (Wildman–Crippen LogP) is 5.43. The second-order valence-electron chi connectivity index (χ2n) is 9.39.